The van der Waals surface area contributed by atoms with Crippen molar-refractivity contribution in [2.24, 2.45) is 5.92 Å². The summed E-state index contributed by atoms with van der Waals surface area (Å²) in [7, 11) is 0. The zero-order chi connectivity index (χ0) is 10.2. The minimum Gasteiger partial charge on any atom is -0.396 e. The van der Waals surface area contributed by atoms with Gasteiger partial charge in [0, 0.05) is 25.9 Å². The highest BCUT2D eigenvalue weighted by Gasteiger charge is 2.12. The molecule has 1 fully saturated rings. The first-order valence-corrected chi connectivity index (χ1v) is 5.75. The Morgan fingerprint density at radius 2 is 2.29 bits per heavy atom. The van der Waals surface area contributed by atoms with E-state index in [1.165, 1.54) is 12.8 Å². The summed E-state index contributed by atoms with van der Waals surface area (Å²) in [4.78, 5) is 0. The van der Waals surface area contributed by atoms with Crippen LogP contribution in [0.2, 0.25) is 0 Å². The van der Waals surface area contributed by atoms with E-state index in [-0.39, 0.29) is 0 Å². The molecule has 1 heterocycles. The molecule has 0 saturated carbocycles. The third kappa shape index (κ3) is 4.94. The summed E-state index contributed by atoms with van der Waals surface area (Å²) < 4.78 is 5.40. The van der Waals surface area contributed by atoms with E-state index in [0.717, 1.165) is 32.6 Å². The zero-order valence-corrected chi connectivity index (χ0v) is 9.17. The molecule has 2 unspecified atom stereocenters. The van der Waals surface area contributed by atoms with Crippen LogP contribution < -0.4 is 5.32 Å². The van der Waals surface area contributed by atoms with E-state index in [1.807, 2.05) is 0 Å². The molecule has 0 aromatic rings. The van der Waals surface area contributed by atoms with Crippen molar-refractivity contribution in [3.05, 3.63) is 0 Å². The third-order valence-corrected chi connectivity index (χ3v) is 2.83. The first kappa shape index (κ1) is 12.0. The summed E-state index contributed by atoms with van der Waals surface area (Å²) in [6, 6.07) is 0.624. The Bertz CT molecular complexity index is 133. The molecule has 3 nitrogen and oxygen atoms in total. The van der Waals surface area contributed by atoms with Gasteiger partial charge >= 0.3 is 0 Å². The van der Waals surface area contributed by atoms with Crippen molar-refractivity contribution in [3.8, 4) is 0 Å². The lowest BCUT2D eigenvalue weighted by Crippen LogP contribution is -2.33. The Hall–Kier alpha value is -0.120. The van der Waals surface area contributed by atoms with Crippen LogP contribution in [0.4, 0.5) is 0 Å². The highest BCUT2D eigenvalue weighted by molar-refractivity contribution is 4.70. The molecule has 0 amide bonds. The molecular formula is C11H23NO2. The molecule has 0 radical (unpaired) electrons. The van der Waals surface area contributed by atoms with E-state index in [9.17, 15) is 0 Å². The van der Waals surface area contributed by atoms with Crippen LogP contribution in [0.25, 0.3) is 0 Å². The lowest BCUT2D eigenvalue weighted by atomic mass is 10.1. The molecule has 0 aromatic carbocycles. The van der Waals surface area contributed by atoms with Crippen LogP contribution in [0.3, 0.4) is 0 Å². The van der Waals surface area contributed by atoms with Gasteiger partial charge in [-0.3, -0.25) is 0 Å². The average molecular weight is 201 g/mol. The topological polar surface area (TPSA) is 41.5 Å². The number of ether oxygens (including phenoxy) is 1. The number of nitrogens with one attached hydrogen (secondary N) is 1. The molecule has 2 atom stereocenters. The largest absolute Gasteiger partial charge is 0.396 e. The Balaban J connectivity index is 2.09. The maximum absolute atomic E-state index is 8.77. The second kappa shape index (κ2) is 7.21. The van der Waals surface area contributed by atoms with Gasteiger partial charge in [-0.1, -0.05) is 6.92 Å². The van der Waals surface area contributed by atoms with Crippen molar-refractivity contribution in [1.29, 1.82) is 0 Å². The highest BCUT2D eigenvalue weighted by Crippen LogP contribution is 2.09. The van der Waals surface area contributed by atoms with E-state index in [0.29, 0.717) is 18.6 Å². The standard InChI is InChI=1S/C11H23NO2/c1-10(4-6-13)9-12-11-3-2-7-14-8-5-11/h10-13H,2-9H2,1H3. The van der Waals surface area contributed by atoms with E-state index in [4.69, 9.17) is 9.84 Å². The van der Waals surface area contributed by atoms with Gasteiger partial charge in [-0.15, -0.1) is 0 Å². The first-order valence-electron chi connectivity index (χ1n) is 5.75. The van der Waals surface area contributed by atoms with Crippen LogP contribution in [0.1, 0.15) is 32.6 Å². The zero-order valence-electron chi connectivity index (χ0n) is 9.17. The summed E-state index contributed by atoms with van der Waals surface area (Å²) in [6.07, 6.45) is 4.43. The summed E-state index contributed by atoms with van der Waals surface area (Å²) in [5, 5.41) is 12.3. The lowest BCUT2D eigenvalue weighted by molar-refractivity contribution is 0.142. The van der Waals surface area contributed by atoms with Gasteiger partial charge in [0.25, 0.3) is 0 Å². The lowest BCUT2D eigenvalue weighted by Gasteiger charge is -2.18. The van der Waals surface area contributed by atoms with E-state index in [2.05, 4.69) is 12.2 Å². The molecule has 3 heteroatoms. The fraction of sp³-hybridized carbons (Fsp3) is 1.00. The summed E-state index contributed by atoms with van der Waals surface area (Å²) in [5.74, 6) is 0.573. The fourth-order valence-electron chi connectivity index (χ4n) is 1.80. The van der Waals surface area contributed by atoms with E-state index >= 15 is 0 Å². The van der Waals surface area contributed by atoms with Gasteiger partial charge in [-0.25, -0.2) is 0 Å². The van der Waals surface area contributed by atoms with Crippen LogP contribution >= 0.6 is 0 Å². The van der Waals surface area contributed by atoms with Gasteiger partial charge in [0.05, 0.1) is 0 Å². The smallest absolute Gasteiger partial charge is 0.0480 e. The van der Waals surface area contributed by atoms with Crippen LogP contribution in [-0.4, -0.2) is 37.5 Å². The van der Waals surface area contributed by atoms with Gasteiger partial charge < -0.3 is 15.2 Å². The summed E-state index contributed by atoms with van der Waals surface area (Å²) >= 11 is 0. The Labute approximate surface area is 86.8 Å². The fourth-order valence-corrected chi connectivity index (χ4v) is 1.80. The molecule has 14 heavy (non-hydrogen) atoms. The molecule has 0 spiro atoms. The summed E-state index contributed by atoms with van der Waals surface area (Å²) in [6.45, 7) is 5.31. The van der Waals surface area contributed by atoms with Gasteiger partial charge in [0.2, 0.25) is 0 Å². The summed E-state index contributed by atoms with van der Waals surface area (Å²) in [5.41, 5.74) is 0. The van der Waals surface area contributed by atoms with Crippen molar-refractivity contribution in [2.75, 3.05) is 26.4 Å². The van der Waals surface area contributed by atoms with Crippen molar-refractivity contribution < 1.29 is 9.84 Å². The monoisotopic (exact) mass is 201 g/mol. The molecule has 0 bridgehead atoms. The van der Waals surface area contributed by atoms with Crippen LogP contribution in [0, 0.1) is 5.92 Å². The van der Waals surface area contributed by atoms with Crippen molar-refractivity contribution in [2.45, 2.75) is 38.6 Å². The van der Waals surface area contributed by atoms with E-state index in [1.54, 1.807) is 0 Å². The maximum atomic E-state index is 8.77. The average Bonchev–Trinajstić information content (AvgIpc) is 2.43. The van der Waals surface area contributed by atoms with Crippen LogP contribution in [0.5, 0.6) is 0 Å². The molecule has 84 valence electrons. The molecule has 1 rings (SSSR count). The minimum absolute atomic E-state index is 0.302. The molecule has 1 aliphatic rings. The molecule has 0 aliphatic carbocycles. The Morgan fingerprint density at radius 3 is 3.07 bits per heavy atom. The van der Waals surface area contributed by atoms with Crippen LogP contribution in [0.15, 0.2) is 0 Å². The van der Waals surface area contributed by atoms with Gasteiger partial charge in [-0.2, -0.15) is 0 Å². The van der Waals surface area contributed by atoms with Gasteiger partial charge in [-0.05, 0) is 38.1 Å². The molecule has 0 aromatic heterocycles. The number of aliphatic hydroxyl groups is 1. The maximum Gasteiger partial charge on any atom is 0.0480 e. The van der Waals surface area contributed by atoms with Crippen molar-refractivity contribution in [1.82, 2.24) is 5.32 Å². The Morgan fingerprint density at radius 1 is 1.43 bits per heavy atom. The first-order chi connectivity index (χ1) is 6.83. The molecule has 2 N–H and O–H groups in total. The van der Waals surface area contributed by atoms with Gasteiger partial charge in [0.15, 0.2) is 0 Å². The quantitative estimate of drug-likeness (QED) is 0.701. The highest BCUT2D eigenvalue weighted by atomic mass is 16.5. The van der Waals surface area contributed by atoms with Crippen LogP contribution in [-0.2, 0) is 4.74 Å². The predicted molar refractivity (Wildman–Crippen MR) is 57.3 cm³/mol. The number of hydrogen-bond donors (Lipinski definition) is 2. The number of rotatable bonds is 5. The number of hydrogen-bond acceptors (Lipinski definition) is 3. The number of aliphatic hydroxyl groups excluding tert-OH is 1. The van der Waals surface area contributed by atoms with Crippen molar-refractivity contribution >= 4 is 0 Å². The second-order valence-electron chi connectivity index (χ2n) is 4.27. The second-order valence-corrected chi connectivity index (χ2v) is 4.27. The molecule has 1 saturated heterocycles. The SMILES string of the molecule is CC(CCO)CNC1CCCOCC1. The van der Waals surface area contributed by atoms with E-state index < -0.39 is 0 Å². The van der Waals surface area contributed by atoms with Crippen molar-refractivity contribution in [3.63, 3.8) is 0 Å². The molecule has 1 aliphatic heterocycles. The Kier molecular flexibility index (Phi) is 6.15. The normalized spacial score (nSPS) is 25.7. The minimum atomic E-state index is 0.302. The molecular weight excluding hydrogens is 178 g/mol. The third-order valence-electron chi connectivity index (χ3n) is 2.83. The van der Waals surface area contributed by atoms with Gasteiger partial charge in [0.1, 0.15) is 0 Å². The predicted octanol–water partition coefficient (Wildman–Crippen LogP) is 1.16.